The predicted molar refractivity (Wildman–Crippen MR) is 50.3 cm³/mol. The van der Waals surface area contributed by atoms with Gasteiger partial charge in [0.1, 0.15) is 0 Å². The Hall–Kier alpha value is 0.700. The second kappa shape index (κ2) is 6.81. The normalized spacial score (nSPS) is 20.3. The molecule has 0 radical (unpaired) electrons. The van der Waals surface area contributed by atoms with E-state index in [1.54, 1.807) is 0 Å². The van der Waals surface area contributed by atoms with Gasteiger partial charge in [-0.2, -0.15) is 0 Å². The van der Waals surface area contributed by atoms with Crippen LogP contribution in [0.15, 0.2) is 0 Å². The molecule has 0 bridgehead atoms. The second-order valence-corrected chi connectivity index (χ2v) is 4.86. The van der Waals surface area contributed by atoms with E-state index in [4.69, 9.17) is 0 Å². The minimum absolute atomic E-state index is 0.869. The Morgan fingerprint density at radius 1 is 1.11 bits per heavy atom. The number of hydrogen-bond acceptors (Lipinski definition) is 2. The van der Waals surface area contributed by atoms with Crippen molar-refractivity contribution in [3.63, 3.8) is 0 Å². The van der Waals surface area contributed by atoms with Crippen molar-refractivity contribution >= 4 is 23.5 Å². The molecule has 1 fully saturated rings. The maximum absolute atomic E-state index is 2.29. The van der Waals surface area contributed by atoms with Crippen LogP contribution >= 0.6 is 23.5 Å². The molecule has 0 aromatic rings. The van der Waals surface area contributed by atoms with E-state index in [1.807, 2.05) is 13.8 Å². The van der Waals surface area contributed by atoms with Gasteiger partial charge in [0.25, 0.3) is 0 Å². The molecule has 2 heteroatoms. The highest BCUT2D eigenvalue weighted by atomic mass is 32.2. The van der Waals surface area contributed by atoms with Crippen molar-refractivity contribution < 1.29 is 0 Å². The van der Waals surface area contributed by atoms with Crippen LogP contribution in [0, 0.1) is 0 Å². The fraction of sp³-hybridized carbons (Fsp3) is 1.00. The molecule has 0 N–H and O–H groups in total. The van der Waals surface area contributed by atoms with Gasteiger partial charge in [0.2, 0.25) is 0 Å². The lowest BCUT2D eigenvalue weighted by Gasteiger charge is -2.15. The van der Waals surface area contributed by atoms with E-state index in [0.29, 0.717) is 0 Å². The molecule has 56 valence electrons. The van der Waals surface area contributed by atoms with Crippen molar-refractivity contribution in [1.82, 2.24) is 0 Å². The molecule has 0 aromatic heterocycles. The summed E-state index contributed by atoms with van der Waals surface area (Å²) >= 11 is 4.16. The zero-order chi connectivity index (χ0) is 7.11. The van der Waals surface area contributed by atoms with Crippen LogP contribution < -0.4 is 0 Å². The molecule has 1 rings (SSSR count). The molecule has 0 atom stereocenters. The fourth-order valence-electron chi connectivity index (χ4n) is 0.606. The van der Waals surface area contributed by atoms with Gasteiger partial charge in [-0.3, -0.25) is 0 Å². The van der Waals surface area contributed by atoms with Crippen LogP contribution in [-0.4, -0.2) is 16.1 Å². The van der Waals surface area contributed by atoms with Gasteiger partial charge in [0.15, 0.2) is 0 Å². The summed E-state index contributed by atoms with van der Waals surface area (Å²) in [7, 11) is 0. The highest BCUT2D eigenvalue weighted by Crippen LogP contribution is 2.29. The first-order valence-electron chi connectivity index (χ1n) is 3.63. The van der Waals surface area contributed by atoms with Crippen LogP contribution in [0.4, 0.5) is 0 Å². The van der Waals surface area contributed by atoms with Crippen LogP contribution in [0.1, 0.15) is 27.2 Å². The maximum atomic E-state index is 2.29. The van der Waals surface area contributed by atoms with Crippen LogP contribution in [0.25, 0.3) is 0 Å². The average molecular weight is 164 g/mol. The van der Waals surface area contributed by atoms with Gasteiger partial charge >= 0.3 is 0 Å². The Balaban J connectivity index is 0.000000291. The molecular weight excluding hydrogens is 148 g/mol. The predicted octanol–water partition coefficient (Wildman–Crippen LogP) is 3.23. The van der Waals surface area contributed by atoms with E-state index in [2.05, 4.69) is 30.4 Å². The Labute approximate surface area is 67.2 Å². The monoisotopic (exact) mass is 164 g/mol. The number of thioether (sulfide) groups is 2. The first-order chi connectivity index (χ1) is 4.39. The molecule has 0 unspecified atom stereocenters. The molecule has 1 aliphatic rings. The third-order valence-corrected chi connectivity index (χ3v) is 3.80. The Morgan fingerprint density at radius 3 is 1.78 bits per heavy atom. The summed E-state index contributed by atoms with van der Waals surface area (Å²) in [5.41, 5.74) is 0. The number of hydrogen-bond donors (Lipinski definition) is 0. The standard InChI is InChI=1S/C5H10S2.C2H6/c1-5-6-3-2-4-7-5;1-2/h5H,2-4H2,1H3;1-2H3. The number of rotatable bonds is 0. The van der Waals surface area contributed by atoms with Crippen molar-refractivity contribution in [2.45, 2.75) is 31.8 Å². The molecule has 0 aromatic carbocycles. The van der Waals surface area contributed by atoms with Gasteiger partial charge in [0, 0.05) is 4.58 Å². The lowest BCUT2D eigenvalue weighted by atomic mass is 10.6. The molecular formula is C7H16S2. The van der Waals surface area contributed by atoms with E-state index in [9.17, 15) is 0 Å². The molecule has 1 aliphatic heterocycles. The van der Waals surface area contributed by atoms with Crippen molar-refractivity contribution in [2.75, 3.05) is 11.5 Å². The van der Waals surface area contributed by atoms with Crippen LogP contribution in [0.5, 0.6) is 0 Å². The summed E-state index contributed by atoms with van der Waals surface area (Å²) in [6.45, 7) is 6.29. The van der Waals surface area contributed by atoms with E-state index in [0.717, 1.165) is 4.58 Å². The first-order valence-corrected chi connectivity index (χ1v) is 5.72. The molecule has 1 saturated heterocycles. The van der Waals surface area contributed by atoms with Crippen molar-refractivity contribution in [2.24, 2.45) is 0 Å². The zero-order valence-electron chi connectivity index (χ0n) is 6.52. The van der Waals surface area contributed by atoms with Crippen molar-refractivity contribution in [3.05, 3.63) is 0 Å². The molecule has 0 nitrogen and oxygen atoms in total. The van der Waals surface area contributed by atoms with E-state index >= 15 is 0 Å². The van der Waals surface area contributed by atoms with Crippen LogP contribution in [0.2, 0.25) is 0 Å². The third kappa shape index (κ3) is 5.16. The van der Waals surface area contributed by atoms with Crippen molar-refractivity contribution in [1.29, 1.82) is 0 Å². The second-order valence-electron chi connectivity index (χ2n) is 1.66. The molecule has 1 heterocycles. The summed E-state index contributed by atoms with van der Waals surface area (Å²) in [6, 6.07) is 0. The molecule has 0 saturated carbocycles. The van der Waals surface area contributed by atoms with Gasteiger partial charge in [0.05, 0.1) is 0 Å². The van der Waals surface area contributed by atoms with Gasteiger partial charge in [-0.1, -0.05) is 13.8 Å². The minimum atomic E-state index is 0.869. The van der Waals surface area contributed by atoms with Gasteiger partial charge < -0.3 is 0 Å². The zero-order valence-corrected chi connectivity index (χ0v) is 8.15. The Kier molecular flexibility index (Phi) is 7.34. The SMILES string of the molecule is CC.CC1SCCCS1. The molecule has 9 heavy (non-hydrogen) atoms. The van der Waals surface area contributed by atoms with Crippen LogP contribution in [-0.2, 0) is 0 Å². The minimum Gasteiger partial charge on any atom is -0.148 e. The maximum Gasteiger partial charge on any atom is 0.0474 e. The molecule has 0 spiro atoms. The first kappa shape index (κ1) is 9.70. The van der Waals surface area contributed by atoms with Gasteiger partial charge in [-0.25, -0.2) is 0 Å². The largest absolute Gasteiger partial charge is 0.148 e. The summed E-state index contributed by atoms with van der Waals surface area (Å²) in [6.07, 6.45) is 1.42. The quantitative estimate of drug-likeness (QED) is 0.539. The lowest BCUT2D eigenvalue weighted by Crippen LogP contribution is -2.00. The fourth-order valence-corrected chi connectivity index (χ4v) is 3.04. The summed E-state index contributed by atoms with van der Waals surface area (Å²) < 4.78 is 0.869. The lowest BCUT2D eigenvalue weighted by molar-refractivity contribution is 1.10. The van der Waals surface area contributed by atoms with Gasteiger partial charge in [-0.05, 0) is 24.9 Å². The van der Waals surface area contributed by atoms with Crippen molar-refractivity contribution in [3.8, 4) is 0 Å². The average Bonchev–Trinajstić information content (AvgIpc) is 1.94. The summed E-state index contributed by atoms with van der Waals surface area (Å²) in [5, 5.41) is 0. The third-order valence-electron chi connectivity index (χ3n) is 0.994. The highest BCUT2D eigenvalue weighted by molar-refractivity contribution is 8.17. The Bertz CT molecular complexity index is 48.9. The van der Waals surface area contributed by atoms with E-state index in [1.165, 1.54) is 17.9 Å². The van der Waals surface area contributed by atoms with Crippen LogP contribution in [0.3, 0.4) is 0 Å². The summed E-state index contributed by atoms with van der Waals surface area (Å²) in [4.78, 5) is 0. The molecule has 0 aliphatic carbocycles. The molecule has 0 amide bonds. The van der Waals surface area contributed by atoms with Gasteiger partial charge in [-0.15, -0.1) is 23.5 Å². The Morgan fingerprint density at radius 2 is 1.56 bits per heavy atom. The topological polar surface area (TPSA) is 0 Å². The van der Waals surface area contributed by atoms with E-state index in [-0.39, 0.29) is 0 Å². The van der Waals surface area contributed by atoms with E-state index < -0.39 is 0 Å². The summed E-state index contributed by atoms with van der Waals surface area (Å²) in [5.74, 6) is 2.77. The smallest absolute Gasteiger partial charge is 0.0474 e. The highest BCUT2D eigenvalue weighted by Gasteiger charge is 2.06.